The van der Waals surface area contributed by atoms with Gasteiger partial charge in [0, 0.05) is 30.2 Å². The maximum absolute atomic E-state index is 13.2. The molecule has 1 aromatic heterocycles. The number of hydrogen-bond acceptors (Lipinski definition) is 4. The summed E-state index contributed by atoms with van der Waals surface area (Å²) in [4.78, 5) is 2.26. The Bertz CT molecular complexity index is 1030. The highest BCUT2D eigenvalue weighted by Crippen LogP contribution is 2.24. The molecule has 2 heterocycles. The number of nitrogens with zero attached hydrogens (tertiary/aromatic N) is 4. The second-order valence-corrected chi connectivity index (χ2v) is 7.79. The van der Waals surface area contributed by atoms with Gasteiger partial charge in [0.05, 0.1) is 19.4 Å². The third-order valence-corrected chi connectivity index (χ3v) is 5.75. The predicted molar refractivity (Wildman–Crippen MR) is 114 cm³/mol. The molecule has 1 atom stereocenters. The highest BCUT2D eigenvalue weighted by molar-refractivity contribution is 7.71. The quantitative estimate of drug-likeness (QED) is 0.536. The molecule has 29 heavy (non-hydrogen) atoms. The van der Waals surface area contributed by atoms with Crippen molar-refractivity contribution < 1.29 is 9.13 Å². The van der Waals surface area contributed by atoms with Crippen molar-refractivity contribution in [2.75, 3.05) is 19.7 Å². The Morgan fingerprint density at radius 2 is 1.90 bits per heavy atom. The van der Waals surface area contributed by atoms with Gasteiger partial charge in [-0.2, -0.15) is 5.10 Å². The van der Waals surface area contributed by atoms with Crippen LogP contribution in [0.2, 0.25) is 5.02 Å². The summed E-state index contributed by atoms with van der Waals surface area (Å²) in [6.45, 7) is 5.46. The van der Waals surface area contributed by atoms with E-state index in [1.54, 1.807) is 12.1 Å². The first-order valence-corrected chi connectivity index (χ1v) is 10.4. The second kappa shape index (κ2) is 8.75. The van der Waals surface area contributed by atoms with Gasteiger partial charge < -0.3 is 9.30 Å². The van der Waals surface area contributed by atoms with Gasteiger partial charge in [-0.3, -0.25) is 4.90 Å². The van der Waals surface area contributed by atoms with Crippen LogP contribution in [0.3, 0.4) is 0 Å². The predicted octanol–water partition coefficient (Wildman–Crippen LogP) is 4.92. The molecule has 0 amide bonds. The summed E-state index contributed by atoms with van der Waals surface area (Å²) in [6.07, 6.45) is -0.0949. The Kier molecular flexibility index (Phi) is 6.10. The lowest BCUT2D eigenvalue weighted by atomic mass is 10.1. The lowest BCUT2D eigenvalue weighted by Gasteiger charge is -2.32. The van der Waals surface area contributed by atoms with Gasteiger partial charge in [0.25, 0.3) is 0 Å². The fourth-order valence-corrected chi connectivity index (χ4v) is 3.97. The van der Waals surface area contributed by atoms with E-state index in [9.17, 15) is 4.39 Å². The lowest BCUT2D eigenvalue weighted by molar-refractivity contribution is -0.0419. The highest BCUT2D eigenvalue weighted by atomic mass is 35.5. The lowest BCUT2D eigenvalue weighted by Crippen LogP contribution is -2.39. The Balaban J connectivity index is 1.55. The smallest absolute Gasteiger partial charge is 0.199 e. The fraction of sp³-hybridized carbons (Fsp3) is 0.333. The Labute approximate surface area is 179 Å². The molecule has 0 spiro atoms. The SMILES string of the molecule is CCn1c(-c2ccc(Cl)cc2)nn(CN2CCOC(c3ccc(F)cc3)C2)c1=S. The number of halogens is 2. The van der Waals surface area contributed by atoms with Crippen molar-refractivity contribution in [1.29, 1.82) is 0 Å². The van der Waals surface area contributed by atoms with Crippen molar-refractivity contribution in [3.8, 4) is 11.4 Å². The Hall–Kier alpha value is -2.06. The molecule has 4 rings (SSSR count). The zero-order chi connectivity index (χ0) is 20.4. The molecule has 152 valence electrons. The molecule has 5 nitrogen and oxygen atoms in total. The van der Waals surface area contributed by atoms with Crippen LogP contribution in [-0.4, -0.2) is 38.9 Å². The number of hydrogen-bond donors (Lipinski definition) is 0. The first kappa shape index (κ1) is 20.2. The van der Waals surface area contributed by atoms with Gasteiger partial charge in [-0.1, -0.05) is 23.7 Å². The molecular formula is C21H22ClFN4OS. The van der Waals surface area contributed by atoms with Gasteiger partial charge in [0.1, 0.15) is 5.82 Å². The van der Waals surface area contributed by atoms with E-state index in [2.05, 4.69) is 11.8 Å². The third-order valence-electron chi connectivity index (χ3n) is 5.07. The summed E-state index contributed by atoms with van der Waals surface area (Å²) in [5.74, 6) is 0.588. The third kappa shape index (κ3) is 4.43. The van der Waals surface area contributed by atoms with Crippen LogP contribution >= 0.6 is 23.8 Å². The highest BCUT2D eigenvalue weighted by Gasteiger charge is 2.23. The van der Waals surface area contributed by atoms with Crippen molar-refractivity contribution in [2.24, 2.45) is 0 Å². The molecule has 0 saturated carbocycles. The van der Waals surface area contributed by atoms with Gasteiger partial charge in [-0.05, 0) is 61.1 Å². The minimum Gasteiger partial charge on any atom is -0.371 e. The monoisotopic (exact) mass is 432 g/mol. The van der Waals surface area contributed by atoms with E-state index in [4.69, 9.17) is 33.7 Å². The molecule has 3 aromatic rings. The van der Waals surface area contributed by atoms with Crippen LogP contribution in [-0.2, 0) is 18.0 Å². The standard InChI is InChI=1S/C21H22ClFN4OS/c1-2-26-20(16-3-7-17(22)8-4-16)24-27(21(26)29)14-25-11-12-28-19(13-25)15-5-9-18(23)10-6-15/h3-10,19H,2,11-14H2,1H3. The number of ether oxygens (including phenoxy) is 1. The topological polar surface area (TPSA) is 35.2 Å². The van der Waals surface area contributed by atoms with E-state index in [1.807, 2.05) is 33.5 Å². The van der Waals surface area contributed by atoms with Crippen LogP contribution in [0.25, 0.3) is 11.4 Å². The maximum Gasteiger partial charge on any atom is 0.199 e. The normalized spacial score (nSPS) is 17.6. The van der Waals surface area contributed by atoms with E-state index in [-0.39, 0.29) is 11.9 Å². The molecular weight excluding hydrogens is 411 g/mol. The molecule has 8 heteroatoms. The minimum absolute atomic E-state index is 0.0949. The number of aromatic nitrogens is 3. The molecule has 1 unspecified atom stereocenters. The van der Waals surface area contributed by atoms with E-state index < -0.39 is 0 Å². The van der Waals surface area contributed by atoms with Gasteiger partial charge in [0.15, 0.2) is 10.6 Å². The Morgan fingerprint density at radius 1 is 1.17 bits per heavy atom. The van der Waals surface area contributed by atoms with E-state index in [1.165, 1.54) is 12.1 Å². The maximum atomic E-state index is 13.2. The molecule has 1 fully saturated rings. The summed E-state index contributed by atoms with van der Waals surface area (Å²) < 4.78 is 23.7. The van der Waals surface area contributed by atoms with Crippen LogP contribution in [0.1, 0.15) is 18.6 Å². The summed E-state index contributed by atoms with van der Waals surface area (Å²) in [5.41, 5.74) is 1.95. The molecule has 1 saturated heterocycles. The van der Waals surface area contributed by atoms with Crippen LogP contribution in [0, 0.1) is 10.6 Å². The largest absolute Gasteiger partial charge is 0.371 e. The molecule has 0 aliphatic carbocycles. The second-order valence-electron chi connectivity index (χ2n) is 6.99. The average molecular weight is 433 g/mol. The van der Waals surface area contributed by atoms with Crippen molar-refractivity contribution in [2.45, 2.75) is 26.2 Å². The number of benzene rings is 2. The van der Waals surface area contributed by atoms with Crippen molar-refractivity contribution in [3.05, 3.63) is 69.7 Å². The summed E-state index contributed by atoms with van der Waals surface area (Å²) >= 11 is 11.7. The average Bonchev–Trinajstić information content (AvgIpc) is 3.04. The zero-order valence-corrected chi connectivity index (χ0v) is 17.7. The summed E-state index contributed by atoms with van der Waals surface area (Å²) in [6, 6.07) is 14.1. The van der Waals surface area contributed by atoms with Crippen LogP contribution in [0.4, 0.5) is 4.39 Å². The van der Waals surface area contributed by atoms with Crippen LogP contribution in [0.15, 0.2) is 48.5 Å². The van der Waals surface area contributed by atoms with Crippen molar-refractivity contribution in [3.63, 3.8) is 0 Å². The first-order chi connectivity index (χ1) is 14.0. The molecule has 0 N–H and O–H groups in total. The minimum atomic E-state index is -0.243. The van der Waals surface area contributed by atoms with Crippen LogP contribution < -0.4 is 0 Å². The van der Waals surface area contributed by atoms with Gasteiger partial charge >= 0.3 is 0 Å². The molecule has 0 bridgehead atoms. The fourth-order valence-electron chi connectivity index (χ4n) is 3.53. The molecule has 1 aliphatic heterocycles. The molecule has 1 aliphatic rings. The van der Waals surface area contributed by atoms with Gasteiger partial charge in [0.2, 0.25) is 0 Å². The van der Waals surface area contributed by atoms with Crippen molar-refractivity contribution >= 4 is 23.8 Å². The van der Waals surface area contributed by atoms with E-state index in [0.29, 0.717) is 29.6 Å². The van der Waals surface area contributed by atoms with Crippen molar-refractivity contribution in [1.82, 2.24) is 19.2 Å². The number of rotatable bonds is 5. The first-order valence-electron chi connectivity index (χ1n) is 9.58. The molecule has 2 aromatic carbocycles. The summed E-state index contributed by atoms with van der Waals surface area (Å²) in [7, 11) is 0. The van der Waals surface area contributed by atoms with E-state index >= 15 is 0 Å². The summed E-state index contributed by atoms with van der Waals surface area (Å²) in [5, 5.41) is 5.47. The zero-order valence-electron chi connectivity index (χ0n) is 16.1. The van der Waals surface area contributed by atoms with Crippen LogP contribution in [0.5, 0.6) is 0 Å². The number of morpholine rings is 1. The molecule has 0 radical (unpaired) electrons. The van der Waals surface area contributed by atoms with Gasteiger partial charge in [-0.25, -0.2) is 9.07 Å². The van der Waals surface area contributed by atoms with E-state index in [0.717, 1.165) is 30.0 Å². The van der Waals surface area contributed by atoms with Gasteiger partial charge in [-0.15, -0.1) is 0 Å². The Morgan fingerprint density at radius 3 is 2.59 bits per heavy atom.